The molecule has 0 saturated carbocycles. The van der Waals surface area contributed by atoms with Crippen molar-refractivity contribution in [2.75, 3.05) is 19.6 Å². The molecule has 0 radical (unpaired) electrons. The Morgan fingerprint density at radius 3 is 2.96 bits per heavy atom. The van der Waals surface area contributed by atoms with Crippen LogP contribution in [0.2, 0.25) is 0 Å². The molecule has 1 fully saturated rings. The van der Waals surface area contributed by atoms with Gasteiger partial charge in [0.1, 0.15) is 5.76 Å². The number of carbonyl (C=O) groups excluding carboxylic acids is 1. The number of aromatic nitrogens is 2. The van der Waals surface area contributed by atoms with E-state index in [2.05, 4.69) is 20.2 Å². The van der Waals surface area contributed by atoms with Crippen molar-refractivity contribution in [3.8, 4) is 0 Å². The van der Waals surface area contributed by atoms with Crippen LogP contribution in [0.15, 0.2) is 47.3 Å². The molecule has 2 aromatic heterocycles. The monoisotopic (exact) mass is 338 g/mol. The Labute approximate surface area is 146 Å². The standard InChI is InChI=1S/C19H22N4O2/c24-19(14-6-7-15-16(11-14)22-13-21-15)20-12-17(18-5-4-10-25-18)23-8-2-1-3-9-23/h4-7,10-11,13,17H,1-3,8-9,12H2,(H,20,24)(H,21,22). The first kappa shape index (κ1) is 15.9. The smallest absolute Gasteiger partial charge is 0.251 e. The third-order valence-electron chi connectivity index (χ3n) is 4.84. The van der Waals surface area contributed by atoms with Crippen LogP contribution >= 0.6 is 0 Å². The summed E-state index contributed by atoms with van der Waals surface area (Å²) < 4.78 is 5.63. The predicted molar refractivity (Wildman–Crippen MR) is 95.3 cm³/mol. The lowest BCUT2D eigenvalue weighted by atomic mass is 10.1. The van der Waals surface area contributed by atoms with Gasteiger partial charge in [0.2, 0.25) is 0 Å². The van der Waals surface area contributed by atoms with E-state index in [-0.39, 0.29) is 11.9 Å². The van der Waals surface area contributed by atoms with E-state index < -0.39 is 0 Å². The molecule has 6 heteroatoms. The van der Waals surface area contributed by atoms with E-state index in [9.17, 15) is 4.79 Å². The summed E-state index contributed by atoms with van der Waals surface area (Å²) in [5.74, 6) is 0.830. The molecule has 1 amide bonds. The molecule has 0 aliphatic carbocycles. The van der Waals surface area contributed by atoms with Gasteiger partial charge in [-0.05, 0) is 56.3 Å². The number of fused-ring (bicyclic) bond motifs is 1. The molecule has 1 aromatic carbocycles. The van der Waals surface area contributed by atoms with Crippen molar-refractivity contribution < 1.29 is 9.21 Å². The van der Waals surface area contributed by atoms with Crippen LogP contribution in [0.5, 0.6) is 0 Å². The lowest BCUT2D eigenvalue weighted by Gasteiger charge is -2.33. The molecule has 1 aliphatic rings. The highest BCUT2D eigenvalue weighted by molar-refractivity contribution is 5.97. The first-order chi connectivity index (χ1) is 12.3. The predicted octanol–water partition coefficient (Wildman–Crippen LogP) is 3.11. The van der Waals surface area contributed by atoms with E-state index in [1.807, 2.05) is 24.3 Å². The summed E-state index contributed by atoms with van der Waals surface area (Å²) in [6.07, 6.45) is 7.00. The van der Waals surface area contributed by atoms with Gasteiger partial charge < -0.3 is 14.7 Å². The number of benzene rings is 1. The Morgan fingerprint density at radius 2 is 2.16 bits per heavy atom. The summed E-state index contributed by atoms with van der Waals surface area (Å²) in [6, 6.07) is 9.47. The second-order valence-electron chi connectivity index (χ2n) is 6.47. The minimum absolute atomic E-state index is 0.0786. The molecular weight excluding hydrogens is 316 g/mol. The molecule has 1 aliphatic heterocycles. The van der Waals surface area contributed by atoms with Crippen molar-refractivity contribution in [2.45, 2.75) is 25.3 Å². The Hall–Kier alpha value is -2.60. The number of amides is 1. The van der Waals surface area contributed by atoms with Crippen LogP contribution < -0.4 is 5.32 Å². The summed E-state index contributed by atoms with van der Waals surface area (Å²) in [7, 11) is 0. The number of piperidine rings is 1. The van der Waals surface area contributed by atoms with Crippen molar-refractivity contribution in [3.05, 3.63) is 54.2 Å². The highest BCUT2D eigenvalue weighted by Gasteiger charge is 2.25. The molecular formula is C19H22N4O2. The summed E-state index contributed by atoms with van der Waals surface area (Å²) in [5, 5.41) is 3.07. The summed E-state index contributed by atoms with van der Waals surface area (Å²) >= 11 is 0. The van der Waals surface area contributed by atoms with Crippen molar-refractivity contribution >= 4 is 16.9 Å². The number of H-pyrrole nitrogens is 1. The average Bonchev–Trinajstić information content (AvgIpc) is 3.34. The molecule has 4 rings (SSSR count). The number of rotatable bonds is 5. The Morgan fingerprint density at radius 1 is 1.28 bits per heavy atom. The van der Waals surface area contributed by atoms with Gasteiger partial charge in [-0.15, -0.1) is 0 Å². The maximum absolute atomic E-state index is 12.6. The number of imidazole rings is 1. The molecule has 1 atom stereocenters. The number of nitrogens with one attached hydrogen (secondary N) is 2. The highest BCUT2D eigenvalue weighted by atomic mass is 16.3. The van der Waals surface area contributed by atoms with Crippen LogP contribution in [0.3, 0.4) is 0 Å². The molecule has 130 valence electrons. The van der Waals surface area contributed by atoms with Crippen LogP contribution in [-0.4, -0.2) is 40.4 Å². The average molecular weight is 338 g/mol. The van der Waals surface area contributed by atoms with Gasteiger partial charge >= 0.3 is 0 Å². The fourth-order valence-electron chi connectivity index (χ4n) is 3.49. The number of aromatic amines is 1. The SMILES string of the molecule is O=C(NCC(c1ccco1)N1CCCCC1)c1ccc2nc[nH]c2c1. The molecule has 6 nitrogen and oxygen atoms in total. The van der Waals surface area contributed by atoms with Crippen molar-refractivity contribution in [1.82, 2.24) is 20.2 Å². The first-order valence-electron chi connectivity index (χ1n) is 8.80. The van der Waals surface area contributed by atoms with Gasteiger partial charge in [0.25, 0.3) is 5.91 Å². The largest absolute Gasteiger partial charge is 0.468 e. The minimum Gasteiger partial charge on any atom is -0.468 e. The van der Waals surface area contributed by atoms with E-state index in [4.69, 9.17) is 4.42 Å². The molecule has 1 saturated heterocycles. The zero-order chi connectivity index (χ0) is 17.1. The van der Waals surface area contributed by atoms with Crippen molar-refractivity contribution in [2.24, 2.45) is 0 Å². The zero-order valence-electron chi connectivity index (χ0n) is 14.1. The number of nitrogens with zero attached hydrogens (tertiary/aromatic N) is 2. The fraction of sp³-hybridized carbons (Fsp3) is 0.368. The van der Waals surface area contributed by atoms with Crippen LogP contribution in [0.4, 0.5) is 0 Å². The van der Waals surface area contributed by atoms with Crippen LogP contribution in [-0.2, 0) is 0 Å². The summed E-state index contributed by atoms with van der Waals surface area (Å²) in [4.78, 5) is 22.2. The highest BCUT2D eigenvalue weighted by Crippen LogP contribution is 2.24. The van der Waals surface area contributed by atoms with E-state index >= 15 is 0 Å². The lowest BCUT2D eigenvalue weighted by Crippen LogP contribution is -2.40. The third-order valence-corrected chi connectivity index (χ3v) is 4.84. The zero-order valence-corrected chi connectivity index (χ0v) is 14.1. The molecule has 3 aromatic rings. The molecule has 0 spiro atoms. The number of likely N-dealkylation sites (tertiary alicyclic amines) is 1. The van der Waals surface area contributed by atoms with E-state index in [1.54, 1.807) is 18.7 Å². The second kappa shape index (κ2) is 7.11. The Kier molecular flexibility index (Phi) is 4.52. The third kappa shape index (κ3) is 3.44. The quantitative estimate of drug-likeness (QED) is 0.750. The fourth-order valence-corrected chi connectivity index (χ4v) is 3.49. The maximum Gasteiger partial charge on any atom is 0.251 e. The van der Waals surface area contributed by atoms with Crippen LogP contribution in [0.1, 0.15) is 41.4 Å². The van der Waals surface area contributed by atoms with Gasteiger partial charge in [-0.25, -0.2) is 4.98 Å². The van der Waals surface area contributed by atoms with E-state index in [1.165, 1.54) is 19.3 Å². The van der Waals surface area contributed by atoms with Crippen LogP contribution in [0.25, 0.3) is 11.0 Å². The Balaban J connectivity index is 1.47. The minimum atomic E-state index is -0.0786. The topological polar surface area (TPSA) is 74.2 Å². The van der Waals surface area contributed by atoms with E-state index in [0.29, 0.717) is 12.1 Å². The first-order valence-corrected chi connectivity index (χ1v) is 8.80. The van der Waals surface area contributed by atoms with Gasteiger partial charge in [0, 0.05) is 12.1 Å². The number of furan rings is 1. The second-order valence-corrected chi connectivity index (χ2v) is 6.47. The number of hydrogen-bond donors (Lipinski definition) is 2. The van der Waals surface area contributed by atoms with Gasteiger partial charge in [-0.3, -0.25) is 9.69 Å². The summed E-state index contributed by atoms with van der Waals surface area (Å²) in [5.41, 5.74) is 2.36. The van der Waals surface area contributed by atoms with E-state index in [0.717, 1.165) is 29.9 Å². The molecule has 0 bridgehead atoms. The molecule has 2 N–H and O–H groups in total. The van der Waals surface area contributed by atoms with Gasteiger partial charge in [-0.1, -0.05) is 6.42 Å². The number of carbonyl (C=O) groups is 1. The lowest BCUT2D eigenvalue weighted by molar-refractivity contribution is 0.0914. The normalized spacial score (nSPS) is 16.8. The molecule has 3 heterocycles. The van der Waals surface area contributed by atoms with Gasteiger partial charge in [-0.2, -0.15) is 0 Å². The Bertz CT molecular complexity index is 834. The molecule has 1 unspecified atom stereocenters. The van der Waals surface area contributed by atoms with Crippen molar-refractivity contribution in [3.63, 3.8) is 0 Å². The van der Waals surface area contributed by atoms with Crippen LogP contribution in [0, 0.1) is 0 Å². The number of hydrogen-bond acceptors (Lipinski definition) is 4. The van der Waals surface area contributed by atoms with Gasteiger partial charge in [0.15, 0.2) is 0 Å². The summed E-state index contributed by atoms with van der Waals surface area (Å²) in [6.45, 7) is 2.62. The molecule has 25 heavy (non-hydrogen) atoms. The maximum atomic E-state index is 12.6. The van der Waals surface area contributed by atoms with Crippen molar-refractivity contribution in [1.29, 1.82) is 0 Å². The van der Waals surface area contributed by atoms with Gasteiger partial charge in [0.05, 0.1) is 29.7 Å².